The van der Waals surface area contributed by atoms with E-state index in [1.807, 2.05) is 24.3 Å². The van der Waals surface area contributed by atoms with Crippen LogP contribution in [0.25, 0.3) is 0 Å². The molecule has 0 spiro atoms. The lowest BCUT2D eigenvalue weighted by Crippen LogP contribution is -2.01. The van der Waals surface area contributed by atoms with Crippen molar-refractivity contribution < 1.29 is 4.74 Å². The van der Waals surface area contributed by atoms with Gasteiger partial charge >= 0.3 is 0 Å². The summed E-state index contributed by atoms with van der Waals surface area (Å²) in [7, 11) is 0. The van der Waals surface area contributed by atoms with Crippen LogP contribution in [0.15, 0.2) is 53.0 Å². The molecule has 0 amide bonds. The van der Waals surface area contributed by atoms with Crippen LogP contribution < -0.4 is 4.74 Å². The molecule has 0 radical (unpaired) electrons. The van der Waals surface area contributed by atoms with Gasteiger partial charge in [0.2, 0.25) is 0 Å². The fourth-order valence-corrected chi connectivity index (χ4v) is 1.95. The molecule has 17 heavy (non-hydrogen) atoms. The molecule has 0 aliphatic carbocycles. The monoisotopic (exact) mass is 290 g/mol. The predicted molar refractivity (Wildman–Crippen MR) is 74.5 cm³/mol. The molecule has 0 heterocycles. The summed E-state index contributed by atoms with van der Waals surface area (Å²) in [4.78, 5) is 0. The van der Waals surface area contributed by atoms with Crippen molar-refractivity contribution in [2.24, 2.45) is 0 Å². The van der Waals surface area contributed by atoms with Crippen LogP contribution >= 0.6 is 15.9 Å². The van der Waals surface area contributed by atoms with Crippen molar-refractivity contribution in [1.29, 1.82) is 0 Å². The Balaban J connectivity index is 1.85. The molecular formula is C15H15BrO. The summed E-state index contributed by atoms with van der Waals surface area (Å²) >= 11 is 3.40. The van der Waals surface area contributed by atoms with E-state index in [1.165, 1.54) is 11.1 Å². The first-order chi connectivity index (χ1) is 8.24. The number of hydrogen-bond acceptors (Lipinski definition) is 1. The van der Waals surface area contributed by atoms with Gasteiger partial charge in [-0.1, -0.05) is 45.8 Å². The normalized spacial score (nSPS) is 10.2. The molecular weight excluding hydrogens is 276 g/mol. The quantitative estimate of drug-likeness (QED) is 0.812. The summed E-state index contributed by atoms with van der Waals surface area (Å²) in [5.41, 5.74) is 2.62. The summed E-state index contributed by atoms with van der Waals surface area (Å²) < 4.78 is 6.76. The lowest BCUT2D eigenvalue weighted by atomic mass is 10.1. The molecule has 0 aliphatic heterocycles. The lowest BCUT2D eigenvalue weighted by molar-refractivity contribution is 0.322. The predicted octanol–water partition coefficient (Wildman–Crippen LogP) is 4.38. The SMILES string of the molecule is Cc1cccc(CCOc2ccc(Br)cc2)c1. The smallest absolute Gasteiger partial charge is 0.119 e. The van der Waals surface area contributed by atoms with Gasteiger partial charge in [0, 0.05) is 10.9 Å². The standard InChI is InChI=1S/C15H15BrO/c1-12-3-2-4-13(11-12)9-10-17-15-7-5-14(16)6-8-15/h2-8,11H,9-10H2,1H3. The van der Waals surface area contributed by atoms with Gasteiger partial charge < -0.3 is 4.74 Å². The first-order valence-corrected chi connectivity index (χ1v) is 6.47. The summed E-state index contributed by atoms with van der Waals surface area (Å²) in [6.07, 6.45) is 0.942. The van der Waals surface area contributed by atoms with Gasteiger partial charge in [0.05, 0.1) is 6.61 Å². The van der Waals surface area contributed by atoms with Gasteiger partial charge in [-0.3, -0.25) is 0 Å². The topological polar surface area (TPSA) is 9.23 Å². The summed E-state index contributed by atoms with van der Waals surface area (Å²) in [6, 6.07) is 16.5. The van der Waals surface area contributed by atoms with Crippen molar-refractivity contribution in [3.8, 4) is 5.75 Å². The average Bonchev–Trinajstić information content (AvgIpc) is 2.32. The fraction of sp³-hybridized carbons (Fsp3) is 0.200. The van der Waals surface area contributed by atoms with Gasteiger partial charge in [-0.25, -0.2) is 0 Å². The number of rotatable bonds is 4. The van der Waals surface area contributed by atoms with Crippen molar-refractivity contribution in [2.75, 3.05) is 6.61 Å². The zero-order chi connectivity index (χ0) is 12.1. The van der Waals surface area contributed by atoms with Crippen LogP contribution in [0.5, 0.6) is 5.75 Å². The van der Waals surface area contributed by atoms with E-state index in [0.717, 1.165) is 16.6 Å². The van der Waals surface area contributed by atoms with Crippen molar-refractivity contribution >= 4 is 15.9 Å². The Morgan fingerprint density at radius 3 is 2.53 bits per heavy atom. The molecule has 0 aromatic heterocycles. The highest BCUT2D eigenvalue weighted by atomic mass is 79.9. The molecule has 0 atom stereocenters. The van der Waals surface area contributed by atoms with E-state index in [-0.39, 0.29) is 0 Å². The Labute approximate surface area is 111 Å². The van der Waals surface area contributed by atoms with Gasteiger partial charge in [-0.15, -0.1) is 0 Å². The minimum absolute atomic E-state index is 0.713. The van der Waals surface area contributed by atoms with Crippen molar-refractivity contribution in [2.45, 2.75) is 13.3 Å². The van der Waals surface area contributed by atoms with E-state index >= 15 is 0 Å². The molecule has 2 rings (SSSR count). The maximum Gasteiger partial charge on any atom is 0.119 e. The molecule has 0 unspecified atom stereocenters. The largest absolute Gasteiger partial charge is 0.493 e. The first-order valence-electron chi connectivity index (χ1n) is 5.68. The molecule has 88 valence electrons. The van der Waals surface area contributed by atoms with E-state index in [4.69, 9.17) is 4.74 Å². The molecule has 0 bridgehead atoms. The van der Waals surface area contributed by atoms with Crippen LogP contribution in [-0.2, 0) is 6.42 Å². The second-order valence-electron chi connectivity index (χ2n) is 4.04. The van der Waals surface area contributed by atoms with Crippen LogP contribution in [0.4, 0.5) is 0 Å². The number of ether oxygens (including phenoxy) is 1. The molecule has 2 aromatic rings. The van der Waals surface area contributed by atoms with Gasteiger partial charge in [-0.2, -0.15) is 0 Å². The van der Waals surface area contributed by atoms with Crippen LogP contribution in [0, 0.1) is 6.92 Å². The Bertz CT molecular complexity index is 477. The Hall–Kier alpha value is -1.28. The Morgan fingerprint density at radius 1 is 1.06 bits per heavy atom. The molecule has 0 saturated heterocycles. The van der Waals surface area contributed by atoms with Crippen molar-refractivity contribution in [3.05, 3.63) is 64.1 Å². The van der Waals surface area contributed by atoms with E-state index in [9.17, 15) is 0 Å². The molecule has 1 nitrogen and oxygen atoms in total. The van der Waals surface area contributed by atoms with Crippen LogP contribution in [0.1, 0.15) is 11.1 Å². The minimum atomic E-state index is 0.713. The summed E-state index contributed by atoms with van der Waals surface area (Å²) in [6.45, 7) is 2.82. The van der Waals surface area contributed by atoms with E-state index < -0.39 is 0 Å². The van der Waals surface area contributed by atoms with Crippen molar-refractivity contribution in [1.82, 2.24) is 0 Å². The average molecular weight is 291 g/mol. The second kappa shape index (κ2) is 5.87. The third kappa shape index (κ3) is 3.90. The zero-order valence-corrected chi connectivity index (χ0v) is 11.4. The first kappa shape index (κ1) is 12.2. The molecule has 0 fully saturated rings. The summed E-state index contributed by atoms with van der Waals surface area (Å²) in [5, 5.41) is 0. The number of hydrogen-bond donors (Lipinski definition) is 0. The van der Waals surface area contributed by atoms with Gasteiger partial charge in [0.25, 0.3) is 0 Å². The van der Waals surface area contributed by atoms with E-state index in [2.05, 4.69) is 47.1 Å². The maximum absolute atomic E-state index is 5.68. The van der Waals surface area contributed by atoms with Gasteiger partial charge in [-0.05, 0) is 36.8 Å². The van der Waals surface area contributed by atoms with Crippen LogP contribution in [-0.4, -0.2) is 6.61 Å². The number of aryl methyl sites for hydroxylation is 1. The van der Waals surface area contributed by atoms with Crippen LogP contribution in [0.3, 0.4) is 0 Å². The lowest BCUT2D eigenvalue weighted by Gasteiger charge is -2.06. The molecule has 0 saturated carbocycles. The highest BCUT2D eigenvalue weighted by Gasteiger charge is 1.96. The number of benzene rings is 2. The summed E-state index contributed by atoms with van der Waals surface area (Å²) in [5.74, 6) is 0.917. The zero-order valence-electron chi connectivity index (χ0n) is 9.82. The van der Waals surface area contributed by atoms with Gasteiger partial charge in [0.15, 0.2) is 0 Å². The number of halogens is 1. The van der Waals surface area contributed by atoms with E-state index in [0.29, 0.717) is 6.61 Å². The van der Waals surface area contributed by atoms with Crippen LogP contribution in [0.2, 0.25) is 0 Å². The highest BCUT2D eigenvalue weighted by molar-refractivity contribution is 9.10. The molecule has 2 heteroatoms. The molecule has 2 aromatic carbocycles. The molecule has 0 N–H and O–H groups in total. The maximum atomic E-state index is 5.68. The highest BCUT2D eigenvalue weighted by Crippen LogP contribution is 2.16. The Morgan fingerprint density at radius 2 is 1.82 bits per heavy atom. The van der Waals surface area contributed by atoms with Gasteiger partial charge in [0.1, 0.15) is 5.75 Å². The second-order valence-corrected chi connectivity index (χ2v) is 4.96. The third-order valence-corrected chi connectivity index (χ3v) is 3.08. The van der Waals surface area contributed by atoms with E-state index in [1.54, 1.807) is 0 Å². The fourth-order valence-electron chi connectivity index (χ4n) is 1.69. The third-order valence-electron chi connectivity index (χ3n) is 2.56. The minimum Gasteiger partial charge on any atom is -0.493 e. The molecule has 0 aliphatic rings. The van der Waals surface area contributed by atoms with Crippen molar-refractivity contribution in [3.63, 3.8) is 0 Å². The Kier molecular flexibility index (Phi) is 4.21.